The number of methoxy groups -OCH3 is 1. The zero-order chi connectivity index (χ0) is 39.9. The Morgan fingerprint density at radius 2 is 1.65 bits per heavy atom. The van der Waals surface area contributed by atoms with Crippen LogP contribution in [0, 0.1) is 39.4 Å². The predicted molar refractivity (Wildman–Crippen MR) is 194 cm³/mol. The second-order valence-electron chi connectivity index (χ2n) is 17.4. The third-order valence-corrected chi connectivity index (χ3v) is 15.0. The van der Waals surface area contributed by atoms with Crippen LogP contribution in [0.25, 0.3) is 0 Å². The van der Waals surface area contributed by atoms with Gasteiger partial charge >= 0.3 is 30.0 Å². The summed E-state index contributed by atoms with van der Waals surface area (Å²) in [4.78, 5) is 66.3. The van der Waals surface area contributed by atoms with E-state index in [0.717, 1.165) is 5.56 Å². The van der Waals surface area contributed by atoms with Gasteiger partial charge in [-0.1, -0.05) is 56.8 Å². The van der Waals surface area contributed by atoms with Gasteiger partial charge in [-0.25, -0.2) is 14.4 Å². The molecule has 1 saturated heterocycles. The summed E-state index contributed by atoms with van der Waals surface area (Å²) in [6, 6.07) is 9.48. The molecule has 0 bridgehead atoms. The average Bonchev–Trinajstić information content (AvgIpc) is 3.93. The van der Waals surface area contributed by atoms with Crippen LogP contribution in [-0.2, 0) is 54.1 Å². The summed E-state index contributed by atoms with van der Waals surface area (Å²) in [5.74, 6) is -3.85. The zero-order valence-corrected chi connectivity index (χ0v) is 32.7. The van der Waals surface area contributed by atoms with Crippen LogP contribution < -0.4 is 5.32 Å². The van der Waals surface area contributed by atoms with E-state index in [1.54, 1.807) is 6.92 Å². The standard InChI is InChI=1S/C42H53NO12/c1-23-20-41(49)30-16-18-37(5)28(38(30,6)33(53-25(3)44)34(54-26(4)45)39(41,7)42(32(23)55-42)35(47)50-8)17-19-40(22-51-31(46)15-14-29(37)40)24(2)52-36(48)43-21-27-12-10-9-11-13-27/h9-15,24,28-30,32-34,49H,1,16-22H2,2-8H3,(H,43,48)/t24?,28?,29-,30?,32+,33+,34-,37+,38+,39+,40-,41+,42-/m0/s1. The van der Waals surface area contributed by atoms with Crippen LogP contribution in [0.1, 0.15) is 79.2 Å². The number of hydrogen-bond acceptors (Lipinski definition) is 12. The molecule has 13 heteroatoms. The van der Waals surface area contributed by atoms with Gasteiger partial charge in [0.15, 0.2) is 6.10 Å². The maximum Gasteiger partial charge on any atom is 0.407 e. The first-order valence-electron chi connectivity index (χ1n) is 19.2. The van der Waals surface area contributed by atoms with Crippen molar-refractivity contribution in [2.45, 2.75) is 116 Å². The number of amides is 1. The van der Waals surface area contributed by atoms with Crippen molar-refractivity contribution in [3.8, 4) is 0 Å². The first-order valence-corrected chi connectivity index (χ1v) is 19.2. The number of ether oxygens (including phenoxy) is 6. The second kappa shape index (κ2) is 13.2. The molecule has 13 atom stereocenters. The molecule has 3 unspecified atom stereocenters. The van der Waals surface area contributed by atoms with Gasteiger partial charge in [-0.15, -0.1) is 0 Å². The molecule has 4 aliphatic carbocycles. The van der Waals surface area contributed by atoms with Gasteiger partial charge in [0.2, 0.25) is 5.60 Å². The van der Waals surface area contributed by atoms with E-state index in [-0.39, 0.29) is 31.4 Å². The number of aliphatic hydroxyl groups is 1. The maximum atomic E-state index is 13.8. The molecule has 6 aliphatic rings. The number of benzene rings is 1. The molecule has 7 rings (SSSR count). The molecule has 2 N–H and O–H groups in total. The van der Waals surface area contributed by atoms with Crippen molar-refractivity contribution in [1.29, 1.82) is 0 Å². The first-order chi connectivity index (χ1) is 25.9. The minimum Gasteiger partial charge on any atom is -0.467 e. The fourth-order valence-corrected chi connectivity index (χ4v) is 12.6. The van der Waals surface area contributed by atoms with E-state index in [0.29, 0.717) is 31.3 Å². The minimum absolute atomic E-state index is 0.00470. The van der Waals surface area contributed by atoms with E-state index in [4.69, 9.17) is 28.4 Å². The van der Waals surface area contributed by atoms with Crippen molar-refractivity contribution in [3.63, 3.8) is 0 Å². The molecule has 2 heterocycles. The fraction of sp³-hybridized carbons (Fsp3) is 0.643. The third kappa shape index (κ3) is 5.34. The topological polar surface area (TPSA) is 176 Å². The maximum absolute atomic E-state index is 13.8. The largest absolute Gasteiger partial charge is 0.467 e. The fourth-order valence-electron chi connectivity index (χ4n) is 12.6. The van der Waals surface area contributed by atoms with Gasteiger partial charge in [0, 0.05) is 43.7 Å². The van der Waals surface area contributed by atoms with E-state index in [9.17, 15) is 29.1 Å². The summed E-state index contributed by atoms with van der Waals surface area (Å²) in [7, 11) is 1.24. The highest BCUT2D eigenvalue weighted by Gasteiger charge is 2.90. The van der Waals surface area contributed by atoms with E-state index in [1.165, 1.54) is 27.0 Å². The number of carbonyl (C=O) groups excluding carboxylic acids is 5. The summed E-state index contributed by atoms with van der Waals surface area (Å²) < 4.78 is 35.9. The molecular weight excluding hydrogens is 710 g/mol. The molecule has 5 fully saturated rings. The molecule has 2 aliphatic heterocycles. The highest BCUT2D eigenvalue weighted by Crippen LogP contribution is 2.78. The van der Waals surface area contributed by atoms with Crippen LogP contribution in [0.2, 0.25) is 0 Å². The van der Waals surface area contributed by atoms with Crippen LogP contribution in [0.3, 0.4) is 0 Å². The summed E-state index contributed by atoms with van der Waals surface area (Å²) in [6.07, 6.45) is 0.667. The minimum atomic E-state index is -1.75. The highest BCUT2D eigenvalue weighted by atomic mass is 16.7. The summed E-state index contributed by atoms with van der Waals surface area (Å²) in [6.45, 7) is 14.7. The smallest absolute Gasteiger partial charge is 0.407 e. The quantitative estimate of drug-likeness (QED) is 0.169. The molecule has 0 spiro atoms. The second-order valence-corrected chi connectivity index (χ2v) is 17.4. The molecular formula is C42H53NO12. The van der Waals surface area contributed by atoms with E-state index < -0.39 is 93.2 Å². The Labute approximate surface area is 321 Å². The lowest BCUT2D eigenvalue weighted by Crippen LogP contribution is -2.82. The number of carbonyl (C=O) groups is 5. The van der Waals surface area contributed by atoms with Gasteiger partial charge in [-0.05, 0) is 73.8 Å². The molecule has 1 aromatic rings. The van der Waals surface area contributed by atoms with Crippen molar-refractivity contribution in [1.82, 2.24) is 5.32 Å². The molecule has 0 aromatic heterocycles. The van der Waals surface area contributed by atoms with Crippen LogP contribution >= 0.6 is 0 Å². The van der Waals surface area contributed by atoms with Gasteiger partial charge < -0.3 is 38.8 Å². The number of esters is 4. The van der Waals surface area contributed by atoms with Crippen molar-refractivity contribution >= 4 is 30.0 Å². The number of alkyl carbamates (subject to hydrolysis) is 1. The number of fused-ring (bicyclic) bond motifs is 9. The molecule has 13 nitrogen and oxygen atoms in total. The average molecular weight is 764 g/mol. The van der Waals surface area contributed by atoms with Gasteiger partial charge in [-0.3, -0.25) is 9.59 Å². The van der Waals surface area contributed by atoms with E-state index in [1.807, 2.05) is 50.3 Å². The Bertz CT molecular complexity index is 1830. The van der Waals surface area contributed by atoms with Crippen LogP contribution in [-0.4, -0.2) is 84.4 Å². The van der Waals surface area contributed by atoms with Gasteiger partial charge in [0.05, 0.1) is 18.1 Å². The Morgan fingerprint density at radius 3 is 2.31 bits per heavy atom. The van der Waals surface area contributed by atoms with E-state index >= 15 is 0 Å². The molecule has 0 radical (unpaired) electrons. The van der Waals surface area contributed by atoms with Crippen molar-refractivity contribution < 1.29 is 57.5 Å². The van der Waals surface area contributed by atoms with Gasteiger partial charge in [0.25, 0.3) is 0 Å². The third-order valence-electron chi connectivity index (χ3n) is 15.0. The lowest BCUT2D eigenvalue weighted by molar-refractivity contribution is -0.336. The number of allylic oxidation sites excluding steroid dienone is 1. The molecule has 4 saturated carbocycles. The summed E-state index contributed by atoms with van der Waals surface area (Å²) in [5, 5.41) is 16.3. The van der Waals surface area contributed by atoms with Gasteiger partial charge in [-0.2, -0.15) is 0 Å². The predicted octanol–water partition coefficient (Wildman–Crippen LogP) is 4.73. The molecule has 55 heavy (non-hydrogen) atoms. The van der Waals surface area contributed by atoms with Crippen molar-refractivity contribution in [2.75, 3.05) is 13.7 Å². The lowest BCUT2D eigenvalue weighted by Gasteiger charge is -2.73. The Balaban J connectivity index is 1.32. The number of cyclic esters (lactones) is 1. The van der Waals surface area contributed by atoms with Crippen LogP contribution in [0.5, 0.6) is 0 Å². The zero-order valence-electron chi connectivity index (χ0n) is 32.7. The number of hydrogen-bond donors (Lipinski definition) is 2. The summed E-state index contributed by atoms with van der Waals surface area (Å²) >= 11 is 0. The van der Waals surface area contributed by atoms with E-state index in [2.05, 4.69) is 18.8 Å². The molecule has 1 amide bonds. The monoisotopic (exact) mass is 763 g/mol. The first kappa shape index (κ1) is 39.0. The Hall–Kier alpha value is -4.23. The molecule has 1 aromatic carbocycles. The van der Waals surface area contributed by atoms with Crippen molar-refractivity contribution in [2.24, 2.45) is 39.4 Å². The van der Waals surface area contributed by atoms with Gasteiger partial charge in [0.1, 0.15) is 24.9 Å². The SMILES string of the molecule is C=C1C[C@@]2(O)C3CC[C@]4(C)C(CC[C@@]5(C(C)OC(=O)NCc6ccccc6)COC(=O)C=C[C@H]54)[C@@]3(C)[C@H](OC(C)=O)[C@H](OC(C)=O)[C@@]2(C)[C@]2(C(=O)OC)O[C@H]12. The van der Waals surface area contributed by atoms with Crippen molar-refractivity contribution in [3.05, 3.63) is 60.2 Å². The number of epoxide rings is 1. The molecule has 298 valence electrons. The number of nitrogens with one attached hydrogen (secondary N) is 1. The summed E-state index contributed by atoms with van der Waals surface area (Å²) in [5.41, 5.74) is -6.23. The lowest BCUT2D eigenvalue weighted by atomic mass is 9.32. The normalized spacial score (nSPS) is 42.9. The van der Waals surface area contributed by atoms with Crippen LogP contribution in [0.4, 0.5) is 4.79 Å². The Kier molecular flexibility index (Phi) is 9.35. The van der Waals surface area contributed by atoms with Crippen LogP contribution in [0.15, 0.2) is 54.6 Å². The Morgan fingerprint density at radius 1 is 1.00 bits per heavy atom. The highest BCUT2D eigenvalue weighted by molar-refractivity contribution is 5.87. The number of rotatable bonds is 7.